The van der Waals surface area contributed by atoms with Gasteiger partial charge in [0.15, 0.2) is 0 Å². The number of benzene rings is 1. The molecule has 21 heavy (non-hydrogen) atoms. The Hall–Kier alpha value is -1.84. The maximum atomic E-state index is 12.2. The molecule has 0 spiro atoms. The maximum Gasteiger partial charge on any atom is 0.223 e. The standard InChI is InChI=1S/C17H21N3O/c1-2-20-15-6-4-3-5-14(15)18-17(20)13-9-16(21)19(11-13)10-12-7-8-12/h3-6,12-13H,2,7-11H2,1H3. The lowest BCUT2D eigenvalue weighted by molar-refractivity contribution is -0.127. The molecule has 2 aromatic rings. The molecule has 1 aromatic carbocycles. The summed E-state index contributed by atoms with van der Waals surface area (Å²) in [5.74, 6) is 2.41. The second-order valence-electron chi connectivity index (χ2n) is 6.35. The van der Waals surface area contributed by atoms with Crippen LogP contribution in [0.2, 0.25) is 0 Å². The Labute approximate surface area is 124 Å². The molecular weight excluding hydrogens is 262 g/mol. The van der Waals surface area contributed by atoms with Crippen molar-refractivity contribution in [2.45, 2.75) is 38.6 Å². The second-order valence-corrected chi connectivity index (χ2v) is 6.35. The Balaban J connectivity index is 1.65. The minimum Gasteiger partial charge on any atom is -0.342 e. The Morgan fingerprint density at radius 3 is 2.86 bits per heavy atom. The van der Waals surface area contributed by atoms with Gasteiger partial charge in [0, 0.05) is 32.0 Å². The highest BCUT2D eigenvalue weighted by Crippen LogP contribution is 2.35. The van der Waals surface area contributed by atoms with Crippen molar-refractivity contribution in [3.8, 4) is 0 Å². The van der Waals surface area contributed by atoms with Crippen LogP contribution in [0.4, 0.5) is 0 Å². The summed E-state index contributed by atoms with van der Waals surface area (Å²) in [6, 6.07) is 8.26. The molecule has 0 radical (unpaired) electrons. The number of aromatic nitrogens is 2. The highest BCUT2D eigenvalue weighted by atomic mass is 16.2. The summed E-state index contributed by atoms with van der Waals surface area (Å²) in [6.45, 7) is 4.86. The molecule has 1 unspecified atom stereocenters. The lowest BCUT2D eigenvalue weighted by atomic mass is 10.1. The van der Waals surface area contributed by atoms with Crippen molar-refractivity contribution in [1.29, 1.82) is 0 Å². The molecule has 1 amide bonds. The van der Waals surface area contributed by atoms with E-state index < -0.39 is 0 Å². The number of imidazole rings is 1. The first-order valence-electron chi connectivity index (χ1n) is 7.99. The average molecular weight is 283 g/mol. The quantitative estimate of drug-likeness (QED) is 0.865. The summed E-state index contributed by atoms with van der Waals surface area (Å²) in [5, 5.41) is 0. The third-order valence-corrected chi connectivity index (χ3v) is 4.76. The van der Waals surface area contributed by atoms with Gasteiger partial charge in [-0.2, -0.15) is 0 Å². The van der Waals surface area contributed by atoms with Crippen LogP contribution in [0.3, 0.4) is 0 Å². The molecule has 1 aliphatic carbocycles. The molecule has 0 N–H and O–H groups in total. The molecule has 1 aromatic heterocycles. The predicted molar refractivity (Wildman–Crippen MR) is 82.1 cm³/mol. The smallest absolute Gasteiger partial charge is 0.223 e. The zero-order valence-electron chi connectivity index (χ0n) is 12.5. The number of carbonyl (C=O) groups excluding carboxylic acids is 1. The monoisotopic (exact) mass is 283 g/mol. The van der Waals surface area contributed by atoms with Crippen LogP contribution in [-0.4, -0.2) is 33.4 Å². The summed E-state index contributed by atoms with van der Waals surface area (Å²) < 4.78 is 2.27. The van der Waals surface area contributed by atoms with Crippen LogP contribution in [0, 0.1) is 5.92 Å². The number of fused-ring (bicyclic) bond motifs is 1. The molecule has 110 valence electrons. The highest BCUT2D eigenvalue weighted by molar-refractivity contribution is 5.81. The maximum absolute atomic E-state index is 12.2. The largest absolute Gasteiger partial charge is 0.342 e. The molecule has 4 heteroatoms. The first kappa shape index (κ1) is 12.9. The van der Waals surface area contributed by atoms with Gasteiger partial charge in [0.1, 0.15) is 5.82 Å². The van der Waals surface area contributed by atoms with Gasteiger partial charge in [0.2, 0.25) is 5.91 Å². The number of hydrogen-bond acceptors (Lipinski definition) is 2. The lowest BCUT2D eigenvalue weighted by Gasteiger charge is -2.16. The summed E-state index contributed by atoms with van der Waals surface area (Å²) in [7, 11) is 0. The molecule has 2 heterocycles. The normalized spacial score (nSPS) is 22.4. The van der Waals surface area contributed by atoms with Crippen LogP contribution in [0.15, 0.2) is 24.3 Å². The number of aryl methyl sites for hydroxylation is 1. The van der Waals surface area contributed by atoms with Gasteiger partial charge in [-0.1, -0.05) is 12.1 Å². The lowest BCUT2D eigenvalue weighted by Crippen LogP contribution is -2.27. The predicted octanol–water partition coefficient (Wildman–Crippen LogP) is 2.78. The van der Waals surface area contributed by atoms with E-state index in [9.17, 15) is 4.79 Å². The SMILES string of the molecule is CCn1c(C2CC(=O)N(CC3CC3)C2)nc2ccccc21. The minimum atomic E-state index is 0.253. The fourth-order valence-corrected chi connectivity index (χ4v) is 3.47. The number of para-hydroxylation sites is 2. The third-order valence-electron chi connectivity index (χ3n) is 4.76. The van der Waals surface area contributed by atoms with Gasteiger partial charge >= 0.3 is 0 Å². The summed E-state index contributed by atoms with van der Waals surface area (Å²) in [4.78, 5) is 19.1. The fraction of sp³-hybridized carbons (Fsp3) is 0.529. The average Bonchev–Trinajstić information content (AvgIpc) is 3.12. The summed E-state index contributed by atoms with van der Waals surface area (Å²) >= 11 is 0. The first-order valence-corrected chi connectivity index (χ1v) is 7.99. The van der Waals surface area contributed by atoms with Gasteiger partial charge in [-0.15, -0.1) is 0 Å². The van der Waals surface area contributed by atoms with Crippen LogP contribution in [0.25, 0.3) is 11.0 Å². The van der Waals surface area contributed by atoms with Crippen molar-refractivity contribution in [3.63, 3.8) is 0 Å². The van der Waals surface area contributed by atoms with Gasteiger partial charge in [-0.3, -0.25) is 4.79 Å². The van der Waals surface area contributed by atoms with E-state index in [2.05, 4.69) is 34.6 Å². The Morgan fingerprint density at radius 2 is 2.10 bits per heavy atom. The van der Waals surface area contributed by atoms with E-state index in [1.54, 1.807) is 0 Å². The summed E-state index contributed by atoms with van der Waals surface area (Å²) in [5.41, 5.74) is 2.23. The number of likely N-dealkylation sites (tertiary alicyclic amines) is 1. The van der Waals surface area contributed by atoms with Crippen molar-refractivity contribution in [1.82, 2.24) is 14.5 Å². The molecule has 1 saturated carbocycles. The second kappa shape index (κ2) is 4.86. The van der Waals surface area contributed by atoms with Gasteiger partial charge in [0.05, 0.1) is 11.0 Å². The molecule has 2 fully saturated rings. The highest BCUT2D eigenvalue weighted by Gasteiger charge is 2.36. The molecule has 4 rings (SSSR count). The van der Waals surface area contributed by atoms with Crippen LogP contribution >= 0.6 is 0 Å². The van der Waals surface area contributed by atoms with E-state index in [0.717, 1.165) is 36.9 Å². The minimum absolute atomic E-state index is 0.253. The molecule has 1 saturated heterocycles. The number of amides is 1. The van der Waals surface area contributed by atoms with Gasteiger partial charge in [0.25, 0.3) is 0 Å². The van der Waals surface area contributed by atoms with E-state index in [1.807, 2.05) is 6.07 Å². The molecule has 2 aliphatic rings. The van der Waals surface area contributed by atoms with Gasteiger partial charge in [-0.25, -0.2) is 4.98 Å². The van der Waals surface area contributed by atoms with Crippen molar-refractivity contribution in [3.05, 3.63) is 30.1 Å². The Morgan fingerprint density at radius 1 is 1.29 bits per heavy atom. The number of nitrogens with zero attached hydrogens (tertiary/aromatic N) is 3. The Bertz CT molecular complexity index is 686. The molecule has 4 nitrogen and oxygen atoms in total. The fourth-order valence-electron chi connectivity index (χ4n) is 3.47. The topological polar surface area (TPSA) is 38.1 Å². The van der Waals surface area contributed by atoms with Crippen molar-refractivity contribution >= 4 is 16.9 Å². The number of hydrogen-bond donors (Lipinski definition) is 0. The molecule has 1 atom stereocenters. The number of rotatable bonds is 4. The van der Waals surface area contributed by atoms with Crippen molar-refractivity contribution in [2.75, 3.05) is 13.1 Å². The molecule has 1 aliphatic heterocycles. The van der Waals surface area contributed by atoms with Gasteiger partial charge < -0.3 is 9.47 Å². The zero-order chi connectivity index (χ0) is 14.4. The van der Waals surface area contributed by atoms with Crippen molar-refractivity contribution < 1.29 is 4.79 Å². The third kappa shape index (κ3) is 2.23. The first-order chi connectivity index (χ1) is 10.3. The molecule has 0 bridgehead atoms. The molecular formula is C17H21N3O. The van der Waals surface area contributed by atoms with E-state index >= 15 is 0 Å². The Kier molecular flexibility index (Phi) is 2.98. The van der Waals surface area contributed by atoms with E-state index in [4.69, 9.17) is 4.98 Å². The van der Waals surface area contributed by atoms with Crippen molar-refractivity contribution in [2.24, 2.45) is 5.92 Å². The van der Waals surface area contributed by atoms with Crippen LogP contribution in [0.5, 0.6) is 0 Å². The van der Waals surface area contributed by atoms with Crippen LogP contribution in [0.1, 0.15) is 37.9 Å². The summed E-state index contributed by atoms with van der Waals surface area (Å²) in [6.07, 6.45) is 3.21. The number of carbonyl (C=O) groups is 1. The zero-order valence-corrected chi connectivity index (χ0v) is 12.5. The van der Waals surface area contributed by atoms with E-state index in [1.165, 1.54) is 18.4 Å². The van der Waals surface area contributed by atoms with Crippen LogP contribution in [-0.2, 0) is 11.3 Å². The van der Waals surface area contributed by atoms with Crippen LogP contribution < -0.4 is 0 Å². The van der Waals surface area contributed by atoms with E-state index in [0.29, 0.717) is 12.3 Å². The van der Waals surface area contributed by atoms with E-state index in [-0.39, 0.29) is 5.92 Å². The van der Waals surface area contributed by atoms with Gasteiger partial charge in [-0.05, 0) is 37.8 Å².